The number of nitrogens with one attached hydrogen (secondary N) is 1. The number of hydrogen-bond acceptors (Lipinski definition) is 3. The van der Waals surface area contributed by atoms with Crippen molar-refractivity contribution in [1.29, 1.82) is 0 Å². The van der Waals surface area contributed by atoms with Crippen molar-refractivity contribution in [2.75, 3.05) is 11.9 Å². The van der Waals surface area contributed by atoms with Crippen molar-refractivity contribution in [3.63, 3.8) is 0 Å². The minimum absolute atomic E-state index is 0.0141. The molecule has 0 aliphatic heterocycles. The van der Waals surface area contributed by atoms with Crippen LogP contribution in [0.1, 0.15) is 11.1 Å². The van der Waals surface area contributed by atoms with Crippen molar-refractivity contribution in [3.8, 4) is 0 Å². The SMILES string of the molecule is Cc1ccc(S(=O)(=O)N(CC(=O)Nc2cc(Cl)c(Cl)cc2Cl)Cc2ccccc2F)cc1. The van der Waals surface area contributed by atoms with Crippen molar-refractivity contribution in [2.45, 2.75) is 18.4 Å². The molecule has 0 aromatic heterocycles. The van der Waals surface area contributed by atoms with Gasteiger partial charge in [-0.25, -0.2) is 12.8 Å². The monoisotopic (exact) mass is 514 g/mol. The number of anilines is 1. The lowest BCUT2D eigenvalue weighted by molar-refractivity contribution is -0.116. The van der Waals surface area contributed by atoms with E-state index in [0.717, 1.165) is 9.87 Å². The maximum atomic E-state index is 14.2. The van der Waals surface area contributed by atoms with Crippen LogP contribution < -0.4 is 5.32 Å². The molecule has 3 aromatic carbocycles. The maximum absolute atomic E-state index is 14.2. The van der Waals surface area contributed by atoms with E-state index in [2.05, 4.69) is 5.32 Å². The number of benzene rings is 3. The highest BCUT2D eigenvalue weighted by molar-refractivity contribution is 7.89. The number of carbonyl (C=O) groups is 1. The fraction of sp³-hybridized carbons (Fsp3) is 0.136. The average molecular weight is 516 g/mol. The van der Waals surface area contributed by atoms with Gasteiger partial charge in [0.2, 0.25) is 15.9 Å². The summed E-state index contributed by atoms with van der Waals surface area (Å²) >= 11 is 18.0. The first-order chi connectivity index (χ1) is 15.1. The summed E-state index contributed by atoms with van der Waals surface area (Å²) < 4.78 is 41.7. The van der Waals surface area contributed by atoms with Gasteiger partial charge in [-0.2, -0.15) is 4.31 Å². The highest BCUT2D eigenvalue weighted by Gasteiger charge is 2.28. The molecule has 10 heteroatoms. The molecule has 0 fully saturated rings. The Hall–Kier alpha value is -2.16. The van der Waals surface area contributed by atoms with Crippen LogP contribution in [-0.2, 0) is 21.4 Å². The van der Waals surface area contributed by atoms with Crippen LogP contribution in [0.15, 0.2) is 65.6 Å². The van der Waals surface area contributed by atoms with Crippen LogP contribution in [0, 0.1) is 12.7 Å². The molecular weight excluding hydrogens is 498 g/mol. The summed E-state index contributed by atoms with van der Waals surface area (Å²) in [5, 5.41) is 3.04. The molecule has 0 aliphatic carbocycles. The van der Waals surface area contributed by atoms with Crippen molar-refractivity contribution in [1.82, 2.24) is 4.31 Å². The Labute approximate surface area is 200 Å². The molecule has 3 rings (SSSR count). The molecule has 0 spiro atoms. The second-order valence-corrected chi connectivity index (χ2v) is 10.1. The van der Waals surface area contributed by atoms with Gasteiger partial charge in [0.1, 0.15) is 5.82 Å². The van der Waals surface area contributed by atoms with Crippen molar-refractivity contribution in [2.24, 2.45) is 0 Å². The van der Waals surface area contributed by atoms with Gasteiger partial charge in [-0.15, -0.1) is 0 Å². The third kappa shape index (κ3) is 5.79. The van der Waals surface area contributed by atoms with E-state index in [9.17, 15) is 17.6 Å². The molecule has 0 saturated heterocycles. The Morgan fingerprint density at radius 3 is 2.25 bits per heavy atom. The molecule has 168 valence electrons. The predicted molar refractivity (Wildman–Crippen MR) is 125 cm³/mol. The number of amides is 1. The molecular formula is C22H18Cl3FN2O3S. The van der Waals surface area contributed by atoms with E-state index < -0.39 is 28.3 Å². The second kappa shape index (κ2) is 10.2. The van der Waals surface area contributed by atoms with E-state index >= 15 is 0 Å². The van der Waals surface area contributed by atoms with Gasteiger partial charge in [0, 0.05) is 12.1 Å². The number of aryl methyl sites for hydroxylation is 1. The van der Waals surface area contributed by atoms with Crippen LogP contribution in [0.3, 0.4) is 0 Å². The van der Waals surface area contributed by atoms with Crippen LogP contribution in [-0.4, -0.2) is 25.2 Å². The summed E-state index contributed by atoms with van der Waals surface area (Å²) in [5.74, 6) is -1.26. The van der Waals surface area contributed by atoms with Crippen LogP contribution in [0.5, 0.6) is 0 Å². The minimum atomic E-state index is -4.12. The van der Waals surface area contributed by atoms with Crippen molar-refractivity contribution >= 4 is 56.4 Å². The Kier molecular flexibility index (Phi) is 7.79. The summed E-state index contributed by atoms with van der Waals surface area (Å²) in [5.41, 5.74) is 1.17. The number of hydrogen-bond donors (Lipinski definition) is 1. The Bertz CT molecular complexity index is 1250. The molecule has 3 aromatic rings. The van der Waals surface area contributed by atoms with Gasteiger partial charge in [-0.1, -0.05) is 70.7 Å². The van der Waals surface area contributed by atoms with Gasteiger partial charge in [0.25, 0.3) is 0 Å². The third-order valence-corrected chi connectivity index (χ3v) is 7.41. The fourth-order valence-electron chi connectivity index (χ4n) is 2.87. The van der Waals surface area contributed by atoms with E-state index in [4.69, 9.17) is 34.8 Å². The van der Waals surface area contributed by atoms with Crippen LogP contribution in [0.2, 0.25) is 15.1 Å². The van der Waals surface area contributed by atoms with Gasteiger partial charge in [-0.05, 0) is 37.3 Å². The zero-order chi connectivity index (χ0) is 23.5. The number of nitrogens with zero attached hydrogens (tertiary/aromatic N) is 1. The third-order valence-electron chi connectivity index (χ3n) is 4.57. The normalized spacial score (nSPS) is 11.6. The fourth-order valence-corrected chi connectivity index (χ4v) is 4.84. The average Bonchev–Trinajstić information content (AvgIpc) is 2.73. The van der Waals surface area contributed by atoms with Crippen molar-refractivity contribution < 1.29 is 17.6 Å². The summed E-state index contributed by atoms with van der Waals surface area (Å²) in [6.07, 6.45) is 0. The second-order valence-electron chi connectivity index (χ2n) is 6.97. The lowest BCUT2D eigenvalue weighted by Crippen LogP contribution is -2.37. The first-order valence-corrected chi connectivity index (χ1v) is 11.9. The van der Waals surface area contributed by atoms with E-state index in [0.29, 0.717) is 0 Å². The lowest BCUT2D eigenvalue weighted by Gasteiger charge is -2.22. The molecule has 0 unspecified atom stereocenters. The highest BCUT2D eigenvalue weighted by Crippen LogP contribution is 2.32. The van der Waals surface area contributed by atoms with Gasteiger partial charge < -0.3 is 5.32 Å². The smallest absolute Gasteiger partial charge is 0.243 e. The summed E-state index contributed by atoms with van der Waals surface area (Å²) in [7, 11) is -4.12. The largest absolute Gasteiger partial charge is 0.324 e. The summed E-state index contributed by atoms with van der Waals surface area (Å²) in [4.78, 5) is 12.7. The first-order valence-electron chi connectivity index (χ1n) is 9.32. The Morgan fingerprint density at radius 2 is 1.59 bits per heavy atom. The maximum Gasteiger partial charge on any atom is 0.243 e. The molecule has 0 heterocycles. The van der Waals surface area contributed by atoms with E-state index in [1.54, 1.807) is 18.2 Å². The molecule has 0 bridgehead atoms. The molecule has 0 saturated carbocycles. The summed E-state index contributed by atoms with van der Waals surface area (Å²) in [6.45, 7) is 0.897. The molecule has 0 radical (unpaired) electrons. The minimum Gasteiger partial charge on any atom is -0.324 e. The zero-order valence-electron chi connectivity index (χ0n) is 16.8. The van der Waals surface area contributed by atoms with Crippen LogP contribution in [0.4, 0.5) is 10.1 Å². The van der Waals surface area contributed by atoms with Gasteiger partial charge in [-0.3, -0.25) is 4.79 Å². The number of sulfonamides is 1. The lowest BCUT2D eigenvalue weighted by atomic mass is 10.2. The van der Waals surface area contributed by atoms with Crippen LogP contribution >= 0.6 is 34.8 Å². The first kappa shape index (κ1) is 24.5. The topological polar surface area (TPSA) is 66.5 Å². The van der Waals surface area contributed by atoms with E-state index in [-0.39, 0.29) is 37.8 Å². The Balaban J connectivity index is 1.92. The number of carbonyl (C=O) groups excluding carboxylic acids is 1. The van der Waals surface area contributed by atoms with E-state index in [1.165, 1.54) is 42.5 Å². The molecule has 1 amide bonds. The van der Waals surface area contributed by atoms with Crippen LogP contribution in [0.25, 0.3) is 0 Å². The standard InChI is InChI=1S/C22H18Cl3FN2O3S/c1-14-6-8-16(9-7-14)32(30,31)28(12-15-4-2-3-5-20(15)26)13-22(29)27-21-11-18(24)17(23)10-19(21)25/h2-11H,12-13H2,1H3,(H,27,29). The van der Waals surface area contributed by atoms with Crippen molar-refractivity contribution in [3.05, 3.63) is 92.7 Å². The molecule has 0 atom stereocenters. The predicted octanol–water partition coefficient (Wildman–Crippen LogP) is 5.92. The van der Waals surface area contributed by atoms with E-state index in [1.807, 2.05) is 6.92 Å². The molecule has 1 N–H and O–H groups in total. The zero-order valence-corrected chi connectivity index (χ0v) is 19.9. The van der Waals surface area contributed by atoms with Gasteiger partial charge in [0.15, 0.2) is 0 Å². The molecule has 5 nitrogen and oxygen atoms in total. The highest BCUT2D eigenvalue weighted by atomic mass is 35.5. The number of rotatable bonds is 7. The van der Waals surface area contributed by atoms with Gasteiger partial charge in [0.05, 0.1) is 32.2 Å². The number of halogens is 4. The summed E-state index contributed by atoms with van der Waals surface area (Å²) in [6, 6.07) is 14.7. The molecule has 0 aliphatic rings. The quantitative estimate of drug-likeness (QED) is 0.397. The van der Waals surface area contributed by atoms with Gasteiger partial charge >= 0.3 is 0 Å². The molecule has 32 heavy (non-hydrogen) atoms. The Morgan fingerprint density at radius 1 is 0.969 bits per heavy atom.